The van der Waals surface area contributed by atoms with Gasteiger partial charge in [0, 0.05) is 42.0 Å². The third-order valence-electron chi connectivity index (χ3n) is 6.21. The molecule has 2 aromatic carbocycles. The van der Waals surface area contributed by atoms with Crippen molar-refractivity contribution in [1.29, 1.82) is 0 Å². The maximum absolute atomic E-state index is 14.7. The molecule has 2 aromatic heterocycles. The zero-order chi connectivity index (χ0) is 26.6. The lowest BCUT2D eigenvalue weighted by Crippen LogP contribution is -2.10. The highest BCUT2D eigenvalue weighted by Gasteiger charge is 2.31. The van der Waals surface area contributed by atoms with Crippen LogP contribution in [-0.4, -0.2) is 32.7 Å². The number of fused-ring (bicyclic) bond motifs is 1. The fraction of sp³-hybridized carbons (Fsp3) is 0.179. The molecule has 38 heavy (non-hydrogen) atoms. The number of benzene rings is 2. The lowest BCUT2D eigenvalue weighted by atomic mass is 9.96. The molecule has 5 rings (SSSR count). The highest BCUT2D eigenvalue weighted by atomic mass is 35.5. The van der Waals surface area contributed by atoms with Gasteiger partial charge >= 0.3 is 0 Å². The second-order valence-electron chi connectivity index (χ2n) is 8.70. The van der Waals surface area contributed by atoms with Gasteiger partial charge in [-0.25, -0.2) is 18.7 Å². The summed E-state index contributed by atoms with van der Waals surface area (Å²) in [7, 11) is 0. The first kappa shape index (κ1) is 25.4. The summed E-state index contributed by atoms with van der Waals surface area (Å²) in [6.07, 6.45) is 7.97. The van der Waals surface area contributed by atoms with Crippen molar-refractivity contribution in [2.75, 3.05) is 23.8 Å². The Labute approximate surface area is 223 Å². The van der Waals surface area contributed by atoms with Crippen molar-refractivity contribution >= 4 is 29.1 Å². The summed E-state index contributed by atoms with van der Waals surface area (Å²) >= 11 is 6.00. The van der Waals surface area contributed by atoms with E-state index in [1.54, 1.807) is 29.2 Å². The third-order valence-corrected chi connectivity index (χ3v) is 6.40. The van der Waals surface area contributed by atoms with E-state index >= 15 is 0 Å². The van der Waals surface area contributed by atoms with E-state index in [1.165, 1.54) is 12.1 Å². The zero-order valence-electron chi connectivity index (χ0n) is 20.4. The van der Waals surface area contributed by atoms with E-state index in [4.69, 9.17) is 26.3 Å². The highest BCUT2D eigenvalue weighted by molar-refractivity contribution is 6.29. The van der Waals surface area contributed by atoms with Crippen LogP contribution in [0.4, 0.5) is 26.2 Å². The minimum atomic E-state index is -0.612. The number of ether oxygens (including phenoxy) is 1. The van der Waals surface area contributed by atoms with Crippen molar-refractivity contribution in [3.63, 3.8) is 0 Å². The van der Waals surface area contributed by atoms with Gasteiger partial charge in [-0.2, -0.15) is 4.98 Å². The van der Waals surface area contributed by atoms with Crippen LogP contribution in [0.5, 0.6) is 5.75 Å². The number of hydrogen-bond acceptors (Lipinski definition) is 6. The van der Waals surface area contributed by atoms with E-state index in [9.17, 15) is 8.78 Å². The van der Waals surface area contributed by atoms with Crippen LogP contribution in [0.2, 0.25) is 5.15 Å². The number of hydrogen-bond donors (Lipinski definition) is 2. The number of aromatic nitrogens is 4. The number of nitrogens with one attached hydrogen (secondary N) is 2. The smallest absolute Gasteiger partial charge is 0.229 e. The molecule has 0 saturated heterocycles. The Bertz CT molecular complexity index is 1500. The topological polar surface area (TPSA) is 76.9 Å². The largest absolute Gasteiger partial charge is 0.487 e. The molecule has 7 nitrogen and oxygen atoms in total. The Morgan fingerprint density at radius 2 is 2.00 bits per heavy atom. The molecular weight excluding hydrogens is 510 g/mol. The molecule has 2 N–H and O–H groups in total. The van der Waals surface area contributed by atoms with E-state index in [0.717, 1.165) is 17.3 Å². The van der Waals surface area contributed by atoms with E-state index < -0.39 is 11.6 Å². The molecule has 4 aromatic rings. The quantitative estimate of drug-likeness (QED) is 0.224. The van der Waals surface area contributed by atoms with Gasteiger partial charge in [-0.15, -0.1) is 6.58 Å². The lowest BCUT2D eigenvalue weighted by molar-refractivity contribution is 0.362. The maximum atomic E-state index is 14.7. The SMILES string of the molecule is C=CCNc1nc(Nc2ccc(-n3cnc(Cl)c3)c(OCC=C)c2)nc2c1CCC2c1ccc(F)cc1F. The van der Waals surface area contributed by atoms with Gasteiger partial charge in [-0.3, -0.25) is 0 Å². The summed E-state index contributed by atoms with van der Waals surface area (Å²) in [5.41, 5.74) is 3.44. The van der Waals surface area contributed by atoms with Crippen molar-refractivity contribution in [3.05, 3.63) is 108 Å². The van der Waals surface area contributed by atoms with Gasteiger partial charge in [-0.1, -0.05) is 36.4 Å². The van der Waals surface area contributed by atoms with Gasteiger partial charge < -0.3 is 19.9 Å². The molecule has 0 aliphatic heterocycles. The summed E-state index contributed by atoms with van der Waals surface area (Å²) in [5.74, 6) is 0.0299. The van der Waals surface area contributed by atoms with Crippen LogP contribution in [0.3, 0.4) is 0 Å². The fourth-order valence-corrected chi connectivity index (χ4v) is 4.70. The minimum absolute atomic E-state index is 0.300. The molecule has 0 radical (unpaired) electrons. The Morgan fingerprint density at radius 1 is 1.13 bits per heavy atom. The second kappa shape index (κ2) is 11.0. The van der Waals surface area contributed by atoms with Crippen molar-refractivity contribution in [3.8, 4) is 11.4 Å². The van der Waals surface area contributed by atoms with Gasteiger partial charge in [0.15, 0.2) is 0 Å². The molecule has 0 spiro atoms. The van der Waals surface area contributed by atoms with Crippen LogP contribution in [0.15, 0.2) is 74.2 Å². The Morgan fingerprint density at radius 3 is 2.74 bits per heavy atom. The number of rotatable bonds is 10. The second-order valence-corrected chi connectivity index (χ2v) is 9.08. The molecule has 10 heteroatoms. The number of nitrogens with zero attached hydrogens (tertiary/aromatic N) is 4. The normalized spacial score (nSPS) is 14.1. The van der Waals surface area contributed by atoms with Crippen molar-refractivity contribution in [2.24, 2.45) is 0 Å². The summed E-state index contributed by atoms with van der Waals surface area (Å²) in [5, 5.41) is 6.88. The molecule has 194 valence electrons. The number of halogens is 3. The van der Waals surface area contributed by atoms with Crippen molar-refractivity contribution in [2.45, 2.75) is 18.8 Å². The molecular formula is C28H25ClF2N6O. The van der Waals surface area contributed by atoms with Gasteiger partial charge in [-0.05, 0) is 36.6 Å². The van der Waals surface area contributed by atoms with Crippen LogP contribution < -0.4 is 15.4 Å². The molecule has 0 bridgehead atoms. The van der Waals surface area contributed by atoms with Crippen LogP contribution in [0.25, 0.3) is 5.69 Å². The summed E-state index contributed by atoms with van der Waals surface area (Å²) in [6.45, 7) is 8.29. The van der Waals surface area contributed by atoms with Gasteiger partial charge in [0.05, 0.1) is 11.4 Å². The number of imidazole rings is 1. The number of anilines is 3. The predicted octanol–water partition coefficient (Wildman–Crippen LogP) is 6.58. The highest BCUT2D eigenvalue weighted by Crippen LogP contribution is 2.41. The molecule has 0 amide bonds. The first-order chi connectivity index (χ1) is 18.5. The molecule has 0 saturated carbocycles. The van der Waals surface area contributed by atoms with Gasteiger partial charge in [0.1, 0.15) is 41.3 Å². The van der Waals surface area contributed by atoms with Gasteiger partial charge in [0.25, 0.3) is 0 Å². The van der Waals surface area contributed by atoms with E-state index in [0.29, 0.717) is 65.6 Å². The Balaban J connectivity index is 1.52. The molecule has 1 atom stereocenters. The van der Waals surface area contributed by atoms with Crippen LogP contribution in [0.1, 0.15) is 29.2 Å². The summed E-state index contributed by atoms with van der Waals surface area (Å²) in [4.78, 5) is 13.5. The van der Waals surface area contributed by atoms with E-state index in [2.05, 4.69) is 28.8 Å². The standard InChI is InChI=1S/C28H25ClF2N6O/c1-3-11-32-27-21-9-8-20(19-7-5-17(30)13-22(19)31)26(21)35-28(36-27)34-18-6-10-23(24(14-18)38-12-4-2)37-15-25(29)33-16-37/h3-7,10,13-16,20H,1-2,8-9,11-12H2,(H2,32,34,35,36). The molecule has 1 aliphatic rings. The zero-order valence-corrected chi connectivity index (χ0v) is 21.2. The van der Waals surface area contributed by atoms with Crippen molar-refractivity contribution in [1.82, 2.24) is 19.5 Å². The first-order valence-corrected chi connectivity index (χ1v) is 12.4. The molecule has 2 heterocycles. The molecule has 1 unspecified atom stereocenters. The average molecular weight is 535 g/mol. The molecule has 0 fully saturated rings. The maximum Gasteiger partial charge on any atom is 0.229 e. The minimum Gasteiger partial charge on any atom is -0.487 e. The monoisotopic (exact) mass is 534 g/mol. The van der Waals surface area contributed by atoms with E-state index in [1.807, 2.05) is 18.2 Å². The van der Waals surface area contributed by atoms with Gasteiger partial charge in [0.2, 0.25) is 5.95 Å². The first-order valence-electron chi connectivity index (χ1n) is 12.0. The van der Waals surface area contributed by atoms with Crippen molar-refractivity contribution < 1.29 is 13.5 Å². The van der Waals surface area contributed by atoms with Crippen LogP contribution in [-0.2, 0) is 6.42 Å². The Kier molecular flexibility index (Phi) is 7.37. The third kappa shape index (κ3) is 5.24. The van der Waals surface area contributed by atoms with Crippen LogP contribution in [0, 0.1) is 11.6 Å². The molecule has 1 aliphatic carbocycles. The summed E-state index contributed by atoms with van der Waals surface area (Å²) in [6, 6.07) is 9.20. The van der Waals surface area contributed by atoms with E-state index in [-0.39, 0.29) is 5.92 Å². The average Bonchev–Trinajstić information content (AvgIpc) is 3.52. The Hall–Kier alpha value is -4.24. The lowest BCUT2D eigenvalue weighted by Gasteiger charge is -2.17. The fourth-order valence-electron chi connectivity index (χ4n) is 4.55. The van der Waals surface area contributed by atoms with Crippen LogP contribution >= 0.6 is 11.6 Å². The predicted molar refractivity (Wildman–Crippen MR) is 145 cm³/mol. The summed E-state index contributed by atoms with van der Waals surface area (Å²) < 4.78 is 35.9.